The second kappa shape index (κ2) is 10.8. The summed E-state index contributed by atoms with van der Waals surface area (Å²) in [6.45, 7) is 2.43. The SMILES string of the molecule is CN(C)Cc1cc(Oc2cc(CN(C)C)c(O)c(CN(C)C)c2)cc(CN(C)C)c1O. The van der Waals surface area contributed by atoms with Crippen LogP contribution in [0, 0.1) is 0 Å². The summed E-state index contributed by atoms with van der Waals surface area (Å²) >= 11 is 0. The minimum atomic E-state index is 0.307. The van der Waals surface area contributed by atoms with Crippen LogP contribution in [0.1, 0.15) is 22.3 Å². The van der Waals surface area contributed by atoms with E-state index in [-0.39, 0.29) is 0 Å². The van der Waals surface area contributed by atoms with Crippen LogP contribution in [0.15, 0.2) is 24.3 Å². The van der Waals surface area contributed by atoms with Gasteiger partial charge in [0.1, 0.15) is 23.0 Å². The van der Waals surface area contributed by atoms with Crippen molar-refractivity contribution in [3.8, 4) is 23.0 Å². The molecule has 31 heavy (non-hydrogen) atoms. The molecule has 0 aliphatic heterocycles. The summed E-state index contributed by atoms with van der Waals surface area (Å²) in [4.78, 5) is 8.07. The van der Waals surface area contributed by atoms with Gasteiger partial charge in [-0.25, -0.2) is 0 Å². The molecule has 2 rings (SSSR count). The van der Waals surface area contributed by atoms with Crippen LogP contribution in [0.3, 0.4) is 0 Å². The Kier molecular flexibility index (Phi) is 8.70. The molecule has 2 aromatic rings. The molecule has 2 N–H and O–H groups in total. The number of hydrogen-bond acceptors (Lipinski definition) is 7. The first-order chi connectivity index (χ1) is 14.5. The van der Waals surface area contributed by atoms with Gasteiger partial charge in [-0.15, -0.1) is 0 Å². The molecule has 0 aliphatic carbocycles. The Morgan fingerprint density at radius 2 is 0.742 bits per heavy atom. The summed E-state index contributed by atoms with van der Waals surface area (Å²) in [5.41, 5.74) is 3.28. The molecule has 172 valence electrons. The van der Waals surface area contributed by atoms with Gasteiger partial charge in [0.05, 0.1) is 0 Å². The van der Waals surface area contributed by atoms with Gasteiger partial charge in [-0.1, -0.05) is 0 Å². The molecule has 0 saturated carbocycles. The first-order valence-electron chi connectivity index (χ1n) is 10.4. The third kappa shape index (κ3) is 7.40. The number of benzene rings is 2. The number of rotatable bonds is 10. The third-order valence-corrected chi connectivity index (χ3v) is 4.66. The van der Waals surface area contributed by atoms with Crippen LogP contribution in [0.25, 0.3) is 0 Å². The molecule has 0 radical (unpaired) electrons. The van der Waals surface area contributed by atoms with Crippen LogP contribution in [0.2, 0.25) is 0 Å². The highest BCUT2D eigenvalue weighted by atomic mass is 16.5. The minimum Gasteiger partial charge on any atom is -0.507 e. The highest BCUT2D eigenvalue weighted by Gasteiger charge is 2.16. The van der Waals surface area contributed by atoms with E-state index in [0.29, 0.717) is 49.2 Å². The number of nitrogens with zero attached hydrogens (tertiary/aromatic N) is 4. The largest absolute Gasteiger partial charge is 0.507 e. The smallest absolute Gasteiger partial charge is 0.128 e. The van der Waals surface area contributed by atoms with E-state index >= 15 is 0 Å². The maximum absolute atomic E-state index is 10.7. The Morgan fingerprint density at radius 3 is 0.935 bits per heavy atom. The highest BCUT2D eigenvalue weighted by molar-refractivity contribution is 5.50. The van der Waals surface area contributed by atoms with Crippen LogP contribution < -0.4 is 4.74 Å². The molecule has 7 heteroatoms. The normalized spacial score (nSPS) is 11.9. The predicted molar refractivity (Wildman–Crippen MR) is 126 cm³/mol. The molecule has 0 heterocycles. The van der Waals surface area contributed by atoms with E-state index in [0.717, 1.165) is 22.3 Å². The summed E-state index contributed by atoms with van der Waals surface area (Å²) in [5, 5.41) is 21.5. The van der Waals surface area contributed by atoms with Crippen LogP contribution in [0.4, 0.5) is 0 Å². The Bertz CT molecular complexity index is 746. The number of phenols is 2. The van der Waals surface area contributed by atoms with Gasteiger partial charge < -0.3 is 34.5 Å². The van der Waals surface area contributed by atoms with Gasteiger partial charge >= 0.3 is 0 Å². The molecule has 0 saturated heterocycles. The van der Waals surface area contributed by atoms with Crippen LogP contribution in [-0.2, 0) is 26.2 Å². The molecule has 0 bridgehead atoms. The number of aromatic hydroxyl groups is 2. The van der Waals surface area contributed by atoms with Crippen molar-refractivity contribution in [2.24, 2.45) is 0 Å². The molecule has 2 aromatic carbocycles. The lowest BCUT2D eigenvalue weighted by Crippen LogP contribution is -2.14. The van der Waals surface area contributed by atoms with Crippen molar-refractivity contribution < 1.29 is 14.9 Å². The fourth-order valence-corrected chi connectivity index (χ4v) is 3.55. The molecule has 0 atom stereocenters. The molecule has 0 spiro atoms. The Morgan fingerprint density at radius 1 is 0.516 bits per heavy atom. The molecule has 0 fully saturated rings. The van der Waals surface area contributed by atoms with Crippen LogP contribution in [-0.4, -0.2) is 86.2 Å². The minimum absolute atomic E-state index is 0.307. The predicted octanol–water partition coefficient (Wildman–Crippen LogP) is 3.14. The molecule has 0 unspecified atom stereocenters. The molecule has 0 aromatic heterocycles. The van der Waals surface area contributed by atoms with Crippen LogP contribution in [0.5, 0.6) is 23.0 Å². The Labute approximate surface area is 187 Å². The molecule has 7 nitrogen and oxygen atoms in total. The average Bonchev–Trinajstić information content (AvgIpc) is 2.61. The van der Waals surface area contributed by atoms with Gasteiger partial charge in [0.2, 0.25) is 0 Å². The first kappa shape index (κ1) is 24.9. The zero-order chi connectivity index (χ0) is 23.3. The van der Waals surface area contributed by atoms with Gasteiger partial charge in [-0.2, -0.15) is 0 Å². The standard InChI is InChI=1S/C24H38N4O3/c1-25(2)13-17-9-21(10-18(23(17)29)14-26(3)4)31-22-11-19(15-27(5)6)24(30)20(12-22)16-28(7)8/h9-12,29-30H,13-16H2,1-8H3. The second-order valence-corrected chi connectivity index (χ2v) is 9.23. The summed E-state index contributed by atoms with van der Waals surface area (Å²) in [6.07, 6.45) is 0. The first-order valence-corrected chi connectivity index (χ1v) is 10.4. The quantitative estimate of drug-likeness (QED) is 0.600. The van der Waals surface area contributed by atoms with Crippen molar-refractivity contribution >= 4 is 0 Å². The van der Waals surface area contributed by atoms with Gasteiger partial charge in [-0.3, -0.25) is 0 Å². The maximum Gasteiger partial charge on any atom is 0.128 e. The van der Waals surface area contributed by atoms with Gasteiger partial charge in [0.15, 0.2) is 0 Å². The van der Waals surface area contributed by atoms with E-state index < -0.39 is 0 Å². The Balaban J connectivity index is 2.49. The van der Waals surface area contributed by atoms with Crippen LogP contribution >= 0.6 is 0 Å². The van der Waals surface area contributed by atoms with E-state index in [4.69, 9.17) is 4.74 Å². The average molecular weight is 431 g/mol. The number of phenolic OH excluding ortho intramolecular Hbond substituents is 2. The summed E-state index contributed by atoms with van der Waals surface area (Å²) < 4.78 is 6.28. The fraction of sp³-hybridized carbons (Fsp3) is 0.500. The Hall–Kier alpha value is -2.32. The summed E-state index contributed by atoms with van der Waals surface area (Å²) in [5.74, 6) is 1.96. The highest BCUT2D eigenvalue weighted by Crippen LogP contribution is 2.35. The van der Waals surface area contributed by atoms with E-state index in [1.54, 1.807) is 0 Å². The van der Waals surface area contributed by atoms with Gasteiger partial charge in [0.25, 0.3) is 0 Å². The molecule has 0 amide bonds. The van der Waals surface area contributed by atoms with Crippen molar-refractivity contribution in [1.29, 1.82) is 0 Å². The van der Waals surface area contributed by atoms with Crippen molar-refractivity contribution in [3.05, 3.63) is 46.5 Å². The fourth-order valence-electron chi connectivity index (χ4n) is 3.55. The maximum atomic E-state index is 10.7. The second-order valence-electron chi connectivity index (χ2n) is 9.23. The lowest BCUT2D eigenvalue weighted by Gasteiger charge is -2.20. The lowest BCUT2D eigenvalue weighted by molar-refractivity contribution is 0.362. The monoisotopic (exact) mass is 430 g/mol. The lowest BCUT2D eigenvalue weighted by atomic mass is 10.1. The zero-order valence-corrected chi connectivity index (χ0v) is 20.2. The van der Waals surface area contributed by atoms with E-state index in [1.165, 1.54) is 0 Å². The molecular formula is C24H38N4O3. The topological polar surface area (TPSA) is 62.7 Å². The summed E-state index contributed by atoms with van der Waals surface area (Å²) in [6, 6.07) is 7.55. The van der Waals surface area contributed by atoms with E-state index in [2.05, 4.69) is 0 Å². The van der Waals surface area contributed by atoms with Crippen molar-refractivity contribution in [2.75, 3.05) is 56.4 Å². The van der Waals surface area contributed by atoms with Crippen molar-refractivity contribution in [3.63, 3.8) is 0 Å². The zero-order valence-electron chi connectivity index (χ0n) is 20.2. The third-order valence-electron chi connectivity index (χ3n) is 4.66. The summed E-state index contributed by atoms with van der Waals surface area (Å²) in [7, 11) is 15.8. The number of hydrogen-bond donors (Lipinski definition) is 2. The van der Waals surface area contributed by atoms with Crippen molar-refractivity contribution in [1.82, 2.24) is 19.6 Å². The van der Waals surface area contributed by atoms with E-state index in [9.17, 15) is 10.2 Å². The molecule has 0 aliphatic rings. The number of ether oxygens (including phenoxy) is 1. The van der Waals surface area contributed by atoms with E-state index in [1.807, 2.05) is 100 Å². The van der Waals surface area contributed by atoms with Gasteiger partial charge in [0, 0.05) is 48.4 Å². The van der Waals surface area contributed by atoms with Crippen molar-refractivity contribution in [2.45, 2.75) is 26.2 Å². The molecular weight excluding hydrogens is 392 g/mol. The van der Waals surface area contributed by atoms with Gasteiger partial charge in [-0.05, 0) is 80.6 Å².